The van der Waals surface area contributed by atoms with Crippen LogP contribution in [0.1, 0.15) is 29.8 Å². The van der Waals surface area contributed by atoms with Crippen LogP contribution < -0.4 is 0 Å². The number of hydrogen-bond donors (Lipinski definition) is 1. The van der Waals surface area contributed by atoms with Crippen molar-refractivity contribution in [2.24, 2.45) is 5.92 Å². The van der Waals surface area contributed by atoms with Crippen LogP contribution in [0.15, 0.2) is 18.2 Å². The van der Waals surface area contributed by atoms with Gasteiger partial charge in [0.05, 0.1) is 5.92 Å². The van der Waals surface area contributed by atoms with E-state index in [4.69, 9.17) is 16.7 Å². The molecule has 1 amide bonds. The van der Waals surface area contributed by atoms with Crippen LogP contribution in [-0.2, 0) is 4.79 Å². The van der Waals surface area contributed by atoms with Crippen LogP contribution in [-0.4, -0.2) is 35.0 Å². The van der Waals surface area contributed by atoms with E-state index in [9.17, 15) is 9.59 Å². The predicted octanol–water partition coefficient (Wildman–Crippen LogP) is 2.83. The third-order valence-corrected chi connectivity index (χ3v) is 3.41. The highest BCUT2D eigenvalue weighted by Crippen LogP contribution is 2.18. The lowest BCUT2D eigenvalue weighted by Gasteiger charge is -2.23. The van der Waals surface area contributed by atoms with Crippen LogP contribution in [0, 0.1) is 12.8 Å². The molecule has 5 heteroatoms. The van der Waals surface area contributed by atoms with Gasteiger partial charge in [-0.3, -0.25) is 9.59 Å². The first-order valence-electron chi connectivity index (χ1n) is 6.15. The molecule has 1 atom stereocenters. The second kappa shape index (κ2) is 6.57. The number of aryl methyl sites for hydroxylation is 1. The van der Waals surface area contributed by atoms with E-state index >= 15 is 0 Å². The Hall–Kier alpha value is -1.55. The number of carbonyl (C=O) groups is 2. The van der Waals surface area contributed by atoms with Gasteiger partial charge in [-0.05, 0) is 31.5 Å². The Morgan fingerprint density at radius 3 is 2.53 bits per heavy atom. The van der Waals surface area contributed by atoms with Crippen molar-refractivity contribution in [3.8, 4) is 0 Å². The minimum Gasteiger partial charge on any atom is -0.481 e. The van der Waals surface area contributed by atoms with Crippen molar-refractivity contribution in [3.05, 3.63) is 34.3 Å². The maximum atomic E-state index is 12.3. The Balaban J connectivity index is 2.89. The first-order chi connectivity index (χ1) is 8.86. The second-order valence-corrected chi connectivity index (χ2v) is 4.95. The number of amides is 1. The zero-order valence-corrected chi connectivity index (χ0v) is 12.1. The van der Waals surface area contributed by atoms with E-state index in [1.807, 2.05) is 13.8 Å². The summed E-state index contributed by atoms with van der Waals surface area (Å²) in [6.45, 7) is 5.92. The number of carbonyl (C=O) groups excluding carboxylic acids is 1. The molecule has 1 rings (SSSR count). The zero-order chi connectivity index (χ0) is 14.6. The number of rotatable bonds is 5. The molecular formula is C14H18ClNO3. The average Bonchev–Trinajstić information content (AvgIpc) is 2.37. The molecule has 0 aliphatic rings. The maximum Gasteiger partial charge on any atom is 0.308 e. The number of carboxylic acid groups (broad SMARTS) is 1. The number of hydrogen-bond acceptors (Lipinski definition) is 2. The summed E-state index contributed by atoms with van der Waals surface area (Å²) in [4.78, 5) is 24.6. The summed E-state index contributed by atoms with van der Waals surface area (Å²) in [6, 6.07) is 5.11. The van der Waals surface area contributed by atoms with Crippen LogP contribution in [0.4, 0.5) is 0 Å². The first kappa shape index (κ1) is 15.5. The molecule has 1 aromatic rings. The van der Waals surface area contributed by atoms with Gasteiger partial charge in [0.1, 0.15) is 0 Å². The molecule has 0 saturated carbocycles. The van der Waals surface area contributed by atoms with Gasteiger partial charge in [0.15, 0.2) is 0 Å². The summed E-state index contributed by atoms with van der Waals surface area (Å²) in [5.41, 5.74) is 1.38. The quantitative estimate of drug-likeness (QED) is 0.904. The molecule has 1 N–H and O–H groups in total. The van der Waals surface area contributed by atoms with E-state index < -0.39 is 11.9 Å². The van der Waals surface area contributed by atoms with Crippen molar-refractivity contribution < 1.29 is 14.7 Å². The van der Waals surface area contributed by atoms with Crippen molar-refractivity contribution in [1.29, 1.82) is 0 Å². The molecule has 0 spiro atoms. The Morgan fingerprint density at radius 1 is 1.42 bits per heavy atom. The normalized spacial score (nSPS) is 12.0. The van der Waals surface area contributed by atoms with Crippen LogP contribution in [0.2, 0.25) is 5.02 Å². The van der Waals surface area contributed by atoms with Crippen molar-refractivity contribution in [2.45, 2.75) is 20.8 Å². The average molecular weight is 284 g/mol. The van der Waals surface area contributed by atoms with Gasteiger partial charge in [-0.15, -0.1) is 0 Å². The smallest absolute Gasteiger partial charge is 0.308 e. The van der Waals surface area contributed by atoms with Gasteiger partial charge < -0.3 is 10.0 Å². The molecule has 0 aliphatic heterocycles. The summed E-state index contributed by atoms with van der Waals surface area (Å²) in [7, 11) is 0. The van der Waals surface area contributed by atoms with E-state index in [2.05, 4.69) is 0 Å². The lowest BCUT2D eigenvalue weighted by molar-refractivity contribution is -0.141. The topological polar surface area (TPSA) is 57.6 Å². The van der Waals surface area contributed by atoms with Gasteiger partial charge >= 0.3 is 5.97 Å². The van der Waals surface area contributed by atoms with Crippen molar-refractivity contribution in [2.75, 3.05) is 13.1 Å². The molecule has 0 aromatic heterocycles. The maximum absolute atomic E-state index is 12.3. The molecule has 0 bridgehead atoms. The summed E-state index contributed by atoms with van der Waals surface area (Å²) in [5, 5.41) is 9.44. The molecule has 19 heavy (non-hydrogen) atoms. The molecule has 0 aliphatic carbocycles. The first-order valence-corrected chi connectivity index (χ1v) is 6.52. The minimum absolute atomic E-state index is 0.191. The SMILES string of the molecule is CCN(CC(C)C(=O)O)C(=O)c1ccc(C)c(Cl)c1. The molecular weight excluding hydrogens is 266 g/mol. The Bertz CT molecular complexity index is 488. The molecule has 0 heterocycles. The standard InChI is InChI=1S/C14H18ClNO3/c1-4-16(8-10(3)14(18)19)13(17)11-6-5-9(2)12(15)7-11/h5-7,10H,4,8H2,1-3H3,(H,18,19). The molecule has 0 radical (unpaired) electrons. The van der Waals surface area contributed by atoms with E-state index in [0.29, 0.717) is 17.1 Å². The lowest BCUT2D eigenvalue weighted by Crippen LogP contribution is -2.36. The lowest BCUT2D eigenvalue weighted by atomic mass is 10.1. The molecule has 104 valence electrons. The van der Waals surface area contributed by atoms with Crippen LogP contribution in [0.3, 0.4) is 0 Å². The molecule has 0 saturated heterocycles. The highest BCUT2D eigenvalue weighted by molar-refractivity contribution is 6.31. The van der Waals surface area contributed by atoms with Gasteiger partial charge in [-0.2, -0.15) is 0 Å². The van der Waals surface area contributed by atoms with Crippen LogP contribution in [0.25, 0.3) is 0 Å². The summed E-state index contributed by atoms with van der Waals surface area (Å²) in [5.74, 6) is -1.70. The van der Waals surface area contributed by atoms with Gasteiger partial charge in [0.2, 0.25) is 0 Å². The fourth-order valence-corrected chi connectivity index (χ4v) is 1.85. The zero-order valence-electron chi connectivity index (χ0n) is 11.3. The largest absolute Gasteiger partial charge is 0.481 e. The van der Waals surface area contributed by atoms with Crippen LogP contribution >= 0.6 is 11.6 Å². The third-order valence-electron chi connectivity index (χ3n) is 3.00. The van der Waals surface area contributed by atoms with Crippen molar-refractivity contribution in [3.63, 3.8) is 0 Å². The number of halogens is 1. The fourth-order valence-electron chi connectivity index (χ4n) is 1.67. The fraction of sp³-hybridized carbons (Fsp3) is 0.429. The highest BCUT2D eigenvalue weighted by atomic mass is 35.5. The van der Waals surface area contributed by atoms with E-state index in [0.717, 1.165) is 5.56 Å². The summed E-state index contributed by atoms with van der Waals surface area (Å²) >= 11 is 6.00. The monoisotopic (exact) mass is 283 g/mol. The third kappa shape index (κ3) is 3.96. The minimum atomic E-state index is -0.909. The number of carboxylic acids is 1. The van der Waals surface area contributed by atoms with E-state index in [-0.39, 0.29) is 12.5 Å². The predicted molar refractivity (Wildman–Crippen MR) is 74.6 cm³/mol. The number of benzene rings is 1. The van der Waals surface area contributed by atoms with Crippen molar-refractivity contribution in [1.82, 2.24) is 4.90 Å². The van der Waals surface area contributed by atoms with Crippen molar-refractivity contribution >= 4 is 23.5 Å². The van der Waals surface area contributed by atoms with Gasteiger partial charge in [-0.1, -0.05) is 24.6 Å². The Labute approximate surface area is 118 Å². The van der Waals surface area contributed by atoms with E-state index in [1.54, 1.807) is 25.1 Å². The number of aliphatic carboxylic acids is 1. The second-order valence-electron chi connectivity index (χ2n) is 4.55. The Morgan fingerprint density at radius 2 is 2.05 bits per heavy atom. The van der Waals surface area contributed by atoms with Gasteiger partial charge in [0, 0.05) is 23.7 Å². The highest BCUT2D eigenvalue weighted by Gasteiger charge is 2.20. The molecule has 4 nitrogen and oxygen atoms in total. The summed E-state index contributed by atoms with van der Waals surface area (Å²) < 4.78 is 0. The van der Waals surface area contributed by atoms with E-state index in [1.165, 1.54) is 4.90 Å². The summed E-state index contributed by atoms with van der Waals surface area (Å²) in [6.07, 6.45) is 0. The number of nitrogens with zero attached hydrogens (tertiary/aromatic N) is 1. The van der Waals surface area contributed by atoms with Gasteiger partial charge in [0.25, 0.3) is 5.91 Å². The molecule has 1 unspecified atom stereocenters. The molecule has 0 fully saturated rings. The van der Waals surface area contributed by atoms with Crippen LogP contribution in [0.5, 0.6) is 0 Å². The molecule has 1 aromatic carbocycles. The Kier molecular flexibility index (Phi) is 5.36. The van der Waals surface area contributed by atoms with Gasteiger partial charge in [-0.25, -0.2) is 0 Å².